The summed E-state index contributed by atoms with van der Waals surface area (Å²) in [6.45, 7) is 2.87. The summed E-state index contributed by atoms with van der Waals surface area (Å²) in [5, 5.41) is 12.3. The molecular weight excluding hydrogens is 298 g/mol. The van der Waals surface area contributed by atoms with Gasteiger partial charge in [0.1, 0.15) is 6.10 Å². The lowest BCUT2D eigenvalue weighted by Gasteiger charge is -2.10. The van der Waals surface area contributed by atoms with Crippen molar-refractivity contribution in [3.05, 3.63) is 0 Å². The summed E-state index contributed by atoms with van der Waals surface area (Å²) < 4.78 is 10.9. The standard InChI is InChI=1S/C17H35NO3S/c1-3-4-5-6-7-8-9-10-11-12-14-18-17(20)16(19)13-15-22(2)21/h16,19H,3-15H2,1-2H3,(H,18,20). The molecule has 0 aromatic heterocycles. The van der Waals surface area contributed by atoms with E-state index in [0.29, 0.717) is 12.3 Å². The van der Waals surface area contributed by atoms with Gasteiger partial charge in [-0.15, -0.1) is 0 Å². The Morgan fingerprint density at radius 3 is 2.00 bits per heavy atom. The molecule has 1 amide bonds. The van der Waals surface area contributed by atoms with Gasteiger partial charge in [0.2, 0.25) is 5.91 Å². The highest BCUT2D eigenvalue weighted by Gasteiger charge is 2.14. The van der Waals surface area contributed by atoms with Gasteiger partial charge in [0, 0.05) is 29.4 Å². The summed E-state index contributed by atoms with van der Waals surface area (Å²) in [4.78, 5) is 11.6. The molecule has 0 bridgehead atoms. The second-order valence-corrected chi connectivity index (χ2v) is 7.61. The first-order chi connectivity index (χ1) is 10.6. The Bertz CT molecular complexity index is 298. The van der Waals surface area contributed by atoms with Crippen LogP contribution in [0.15, 0.2) is 0 Å². The molecule has 0 saturated carbocycles. The maximum Gasteiger partial charge on any atom is 0.248 e. The first-order valence-electron chi connectivity index (χ1n) is 8.83. The van der Waals surface area contributed by atoms with Crippen LogP contribution in [0, 0.1) is 0 Å². The maximum absolute atomic E-state index is 11.6. The molecule has 0 rings (SSSR count). The van der Waals surface area contributed by atoms with Crippen LogP contribution in [0.25, 0.3) is 0 Å². The fraction of sp³-hybridized carbons (Fsp3) is 0.941. The molecule has 0 radical (unpaired) electrons. The quantitative estimate of drug-likeness (QED) is 0.452. The van der Waals surface area contributed by atoms with Gasteiger partial charge < -0.3 is 10.4 Å². The Morgan fingerprint density at radius 1 is 1.00 bits per heavy atom. The van der Waals surface area contributed by atoms with Crippen LogP contribution in [0.2, 0.25) is 0 Å². The highest BCUT2D eigenvalue weighted by atomic mass is 32.2. The third-order valence-electron chi connectivity index (χ3n) is 3.81. The summed E-state index contributed by atoms with van der Waals surface area (Å²) >= 11 is 0. The molecule has 0 aromatic rings. The molecule has 2 unspecified atom stereocenters. The third-order valence-corrected chi connectivity index (χ3v) is 4.62. The molecule has 0 aromatic carbocycles. The molecule has 0 aliphatic rings. The van der Waals surface area contributed by atoms with Gasteiger partial charge in [-0.1, -0.05) is 64.7 Å². The van der Waals surface area contributed by atoms with Crippen LogP contribution in [-0.2, 0) is 15.6 Å². The number of aliphatic hydroxyl groups excluding tert-OH is 1. The summed E-state index contributed by atoms with van der Waals surface area (Å²) in [5.41, 5.74) is 0. The van der Waals surface area contributed by atoms with Gasteiger partial charge in [0.25, 0.3) is 0 Å². The maximum atomic E-state index is 11.6. The number of hydrogen-bond donors (Lipinski definition) is 2. The number of nitrogens with one attached hydrogen (secondary N) is 1. The van der Waals surface area contributed by atoms with Crippen molar-refractivity contribution < 1.29 is 14.1 Å². The summed E-state index contributed by atoms with van der Waals surface area (Å²) in [6, 6.07) is 0. The zero-order valence-corrected chi connectivity index (χ0v) is 15.3. The lowest BCUT2D eigenvalue weighted by Crippen LogP contribution is -2.35. The van der Waals surface area contributed by atoms with Crippen LogP contribution in [0.5, 0.6) is 0 Å². The van der Waals surface area contributed by atoms with E-state index < -0.39 is 16.9 Å². The Labute approximate surface area is 138 Å². The second kappa shape index (κ2) is 15.5. The molecule has 5 heteroatoms. The Hall–Kier alpha value is -0.420. The van der Waals surface area contributed by atoms with Gasteiger partial charge in [-0.25, -0.2) is 0 Å². The van der Waals surface area contributed by atoms with Crippen molar-refractivity contribution in [1.29, 1.82) is 0 Å². The van der Waals surface area contributed by atoms with Crippen molar-refractivity contribution in [3.63, 3.8) is 0 Å². The summed E-state index contributed by atoms with van der Waals surface area (Å²) in [6.07, 6.45) is 13.5. The van der Waals surface area contributed by atoms with Gasteiger partial charge in [0.15, 0.2) is 0 Å². The van der Waals surface area contributed by atoms with E-state index in [2.05, 4.69) is 12.2 Å². The van der Waals surface area contributed by atoms with Gasteiger partial charge >= 0.3 is 0 Å². The zero-order chi connectivity index (χ0) is 16.6. The monoisotopic (exact) mass is 333 g/mol. The predicted octanol–water partition coefficient (Wildman–Crippen LogP) is 3.15. The predicted molar refractivity (Wildman–Crippen MR) is 94.4 cm³/mol. The number of carbonyl (C=O) groups is 1. The molecule has 132 valence electrons. The van der Waals surface area contributed by atoms with Crippen LogP contribution in [0.1, 0.15) is 77.6 Å². The van der Waals surface area contributed by atoms with Crippen molar-refractivity contribution in [2.45, 2.75) is 83.7 Å². The van der Waals surface area contributed by atoms with E-state index in [9.17, 15) is 14.1 Å². The fourth-order valence-electron chi connectivity index (χ4n) is 2.35. The van der Waals surface area contributed by atoms with Gasteiger partial charge in [-0.05, 0) is 12.8 Å². The number of rotatable bonds is 15. The zero-order valence-electron chi connectivity index (χ0n) is 14.4. The van der Waals surface area contributed by atoms with Crippen LogP contribution >= 0.6 is 0 Å². The Balaban J connectivity index is 3.31. The molecule has 22 heavy (non-hydrogen) atoms. The number of hydrogen-bond acceptors (Lipinski definition) is 3. The minimum Gasteiger partial charge on any atom is -0.383 e. The molecule has 0 spiro atoms. The van der Waals surface area contributed by atoms with Gasteiger partial charge in [-0.3, -0.25) is 9.00 Å². The molecule has 0 aliphatic heterocycles. The van der Waals surface area contributed by atoms with Crippen molar-refractivity contribution in [3.8, 4) is 0 Å². The van der Waals surface area contributed by atoms with Crippen molar-refractivity contribution >= 4 is 16.7 Å². The summed E-state index contributed by atoms with van der Waals surface area (Å²) in [7, 11) is -0.958. The normalized spacial score (nSPS) is 13.8. The van der Waals surface area contributed by atoms with E-state index in [1.807, 2.05) is 0 Å². The average molecular weight is 334 g/mol. The van der Waals surface area contributed by atoms with E-state index in [1.54, 1.807) is 6.26 Å². The molecule has 0 heterocycles. The first kappa shape index (κ1) is 21.6. The molecule has 2 atom stereocenters. The van der Waals surface area contributed by atoms with Crippen LogP contribution < -0.4 is 5.32 Å². The third kappa shape index (κ3) is 14.5. The molecule has 4 nitrogen and oxygen atoms in total. The van der Waals surface area contributed by atoms with Crippen molar-refractivity contribution in [1.82, 2.24) is 5.32 Å². The lowest BCUT2D eigenvalue weighted by atomic mass is 10.1. The molecular formula is C17H35NO3S. The number of carbonyl (C=O) groups excluding carboxylic acids is 1. The molecule has 0 fully saturated rings. The van der Waals surface area contributed by atoms with E-state index >= 15 is 0 Å². The Kier molecular flexibility index (Phi) is 15.2. The Morgan fingerprint density at radius 2 is 1.50 bits per heavy atom. The highest BCUT2D eigenvalue weighted by Crippen LogP contribution is 2.10. The largest absolute Gasteiger partial charge is 0.383 e. The smallest absolute Gasteiger partial charge is 0.248 e. The highest BCUT2D eigenvalue weighted by molar-refractivity contribution is 7.84. The van der Waals surface area contributed by atoms with Crippen molar-refractivity contribution in [2.75, 3.05) is 18.6 Å². The van der Waals surface area contributed by atoms with E-state index in [4.69, 9.17) is 0 Å². The second-order valence-electron chi connectivity index (χ2n) is 6.05. The number of aliphatic hydroxyl groups is 1. The molecule has 0 aliphatic carbocycles. The van der Waals surface area contributed by atoms with Crippen molar-refractivity contribution in [2.24, 2.45) is 0 Å². The minimum absolute atomic E-state index is 0.271. The lowest BCUT2D eigenvalue weighted by molar-refractivity contribution is -0.129. The number of unbranched alkanes of at least 4 members (excludes halogenated alkanes) is 9. The minimum atomic E-state index is -1.02. The number of amides is 1. The summed E-state index contributed by atoms with van der Waals surface area (Å²) in [5.74, 6) is 0.0358. The first-order valence-corrected chi connectivity index (χ1v) is 10.6. The van der Waals surface area contributed by atoms with E-state index in [1.165, 1.54) is 51.4 Å². The van der Waals surface area contributed by atoms with Gasteiger partial charge in [0.05, 0.1) is 0 Å². The average Bonchev–Trinajstić information content (AvgIpc) is 2.49. The van der Waals surface area contributed by atoms with E-state index in [-0.39, 0.29) is 12.3 Å². The van der Waals surface area contributed by atoms with Crippen LogP contribution in [-0.4, -0.2) is 39.9 Å². The van der Waals surface area contributed by atoms with Crippen LogP contribution in [0.4, 0.5) is 0 Å². The van der Waals surface area contributed by atoms with Gasteiger partial charge in [-0.2, -0.15) is 0 Å². The van der Waals surface area contributed by atoms with Crippen LogP contribution in [0.3, 0.4) is 0 Å². The molecule has 2 N–H and O–H groups in total. The topological polar surface area (TPSA) is 66.4 Å². The van der Waals surface area contributed by atoms with E-state index in [0.717, 1.165) is 12.8 Å². The molecule has 0 saturated heterocycles. The fourth-order valence-corrected chi connectivity index (χ4v) is 2.91. The SMILES string of the molecule is CCCCCCCCCCCCNC(=O)C(O)CCS(C)=O.